The number of nitrogens with zero attached hydrogens (tertiary/aromatic N) is 2. The normalized spacial score (nSPS) is 9.35. The van der Waals surface area contributed by atoms with E-state index >= 15 is 0 Å². The van der Waals surface area contributed by atoms with E-state index in [4.69, 9.17) is 11.6 Å². The van der Waals surface area contributed by atoms with E-state index < -0.39 is 5.24 Å². The monoisotopic (exact) mass is 250 g/mol. The molecule has 0 fully saturated rings. The summed E-state index contributed by atoms with van der Waals surface area (Å²) in [7, 11) is 1.93. The molecule has 0 aliphatic heterocycles. The van der Waals surface area contributed by atoms with Crippen LogP contribution in [0.2, 0.25) is 0 Å². The molecular weight excluding hydrogens is 236 g/mol. The first-order valence-corrected chi connectivity index (χ1v) is 5.74. The number of carbonyl (C=O) groups is 1. The maximum atomic E-state index is 10.4. The van der Waals surface area contributed by atoms with Gasteiger partial charge in [0.15, 0.2) is 0 Å². The third kappa shape index (κ3) is 4.83. The fraction of sp³-hybridized carbons (Fsp3) is 0.231. The Bertz CT molecular complexity index is 465. The van der Waals surface area contributed by atoms with Crippen LogP contribution < -0.4 is 0 Å². The highest BCUT2D eigenvalue weighted by Crippen LogP contribution is 2.01. The summed E-state index contributed by atoms with van der Waals surface area (Å²) in [6.45, 7) is 2.10. The molecule has 0 unspecified atom stereocenters. The summed E-state index contributed by atoms with van der Waals surface area (Å²) in [5, 5.41) is 3.74. The van der Waals surface area contributed by atoms with Gasteiger partial charge in [0.1, 0.15) is 0 Å². The Balaban J connectivity index is 0.000000171. The molecule has 0 N–H and O–H groups in total. The Hall–Kier alpha value is -1.61. The molecule has 0 amide bonds. The molecule has 0 saturated heterocycles. The van der Waals surface area contributed by atoms with Crippen LogP contribution in [0.15, 0.2) is 42.6 Å². The van der Waals surface area contributed by atoms with Crippen LogP contribution in [0.3, 0.4) is 0 Å². The van der Waals surface area contributed by atoms with Gasteiger partial charge in [0.05, 0.1) is 5.69 Å². The average molecular weight is 251 g/mol. The van der Waals surface area contributed by atoms with Gasteiger partial charge in [-0.15, -0.1) is 0 Å². The lowest BCUT2D eigenvalue weighted by Gasteiger charge is -1.87. The molecule has 4 heteroatoms. The van der Waals surface area contributed by atoms with Crippen LogP contribution in [0.5, 0.6) is 0 Å². The van der Waals surface area contributed by atoms with Crippen molar-refractivity contribution in [3.63, 3.8) is 0 Å². The number of benzene rings is 1. The molecule has 0 atom stereocenters. The smallest absolute Gasteiger partial charge is 0.252 e. The molecule has 0 aliphatic rings. The molecule has 1 aromatic carbocycles. The van der Waals surface area contributed by atoms with Gasteiger partial charge in [-0.3, -0.25) is 9.48 Å². The fourth-order valence-electron chi connectivity index (χ4n) is 1.22. The summed E-state index contributed by atoms with van der Waals surface area (Å²) in [5.41, 5.74) is 1.70. The molecule has 2 rings (SSSR count). The van der Waals surface area contributed by atoms with E-state index in [-0.39, 0.29) is 0 Å². The van der Waals surface area contributed by atoms with E-state index in [2.05, 4.69) is 12.0 Å². The van der Waals surface area contributed by atoms with Crippen LogP contribution in [0.25, 0.3) is 0 Å². The van der Waals surface area contributed by atoms with Crippen molar-refractivity contribution in [2.45, 2.75) is 13.3 Å². The molecule has 90 valence electrons. The summed E-state index contributed by atoms with van der Waals surface area (Å²) < 4.78 is 1.82. The molecule has 0 bridgehead atoms. The Morgan fingerprint density at radius 3 is 2.24 bits per heavy atom. The molecule has 0 saturated carbocycles. The minimum atomic E-state index is -0.407. The van der Waals surface area contributed by atoms with Crippen molar-refractivity contribution in [3.8, 4) is 0 Å². The van der Waals surface area contributed by atoms with Crippen molar-refractivity contribution in [2.75, 3.05) is 0 Å². The second-order valence-electron chi connectivity index (χ2n) is 3.47. The first kappa shape index (κ1) is 13.5. The highest BCUT2D eigenvalue weighted by Gasteiger charge is 1.95. The zero-order chi connectivity index (χ0) is 12.7. The zero-order valence-electron chi connectivity index (χ0n) is 9.93. The van der Waals surface area contributed by atoms with Gasteiger partial charge in [-0.25, -0.2) is 0 Å². The van der Waals surface area contributed by atoms with Crippen LogP contribution >= 0.6 is 11.6 Å². The molecule has 0 aliphatic carbocycles. The zero-order valence-corrected chi connectivity index (χ0v) is 10.7. The number of aryl methyl sites for hydroxylation is 2. The standard InChI is InChI=1S/C7H5ClO.C6H10N2/c8-7(9)6-4-2-1-3-5-6;1-3-6-4-5-8(2)7-6/h1-5H;4-5H,3H2,1-2H3. The number of carbonyl (C=O) groups excluding carboxylic acids is 1. The van der Waals surface area contributed by atoms with E-state index in [0.717, 1.165) is 12.1 Å². The second-order valence-corrected chi connectivity index (χ2v) is 3.82. The molecule has 0 radical (unpaired) electrons. The largest absolute Gasteiger partial charge is 0.276 e. The Kier molecular flexibility index (Phi) is 5.43. The maximum absolute atomic E-state index is 10.4. The maximum Gasteiger partial charge on any atom is 0.252 e. The van der Waals surface area contributed by atoms with Crippen LogP contribution in [0.4, 0.5) is 0 Å². The lowest BCUT2D eigenvalue weighted by molar-refractivity contribution is 0.108. The number of hydrogen-bond donors (Lipinski definition) is 0. The summed E-state index contributed by atoms with van der Waals surface area (Å²) in [5.74, 6) is 0. The molecule has 1 heterocycles. The minimum Gasteiger partial charge on any atom is -0.276 e. The average Bonchev–Trinajstić information content (AvgIpc) is 2.77. The number of rotatable bonds is 2. The van der Waals surface area contributed by atoms with Crippen molar-refractivity contribution in [3.05, 3.63) is 53.9 Å². The molecule has 3 nitrogen and oxygen atoms in total. The van der Waals surface area contributed by atoms with Gasteiger partial charge in [0, 0.05) is 18.8 Å². The van der Waals surface area contributed by atoms with Gasteiger partial charge < -0.3 is 0 Å². The van der Waals surface area contributed by atoms with E-state index in [9.17, 15) is 4.79 Å². The van der Waals surface area contributed by atoms with Gasteiger partial charge in [0.2, 0.25) is 0 Å². The second kappa shape index (κ2) is 6.86. The van der Waals surface area contributed by atoms with Crippen LogP contribution in [0.1, 0.15) is 23.0 Å². The Labute approximate surface area is 106 Å². The molecule has 17 heavy (non-hydrogen) atoms. The number of hydrogen-bond acceptors (Lipinski definition) is 2. The first-order valence-electron chi connectivity index (χ1n) is 5.37. The van der Waals surface area contributed by atoms with Crippen molar-refractivity contribution in [1.82, 2.24) is 9.78 Å². The summed E-state index contributed by atoms with van der Waals surface area (Å²) in [6.07, 6.45) is 2.99. The predicted molar refractivity (Wildman–Crippen MR) is 69.2 cm³/mol. The number of aromatic nitrogens is 2. The Morgan fingerprint density at radius 1 is 1.29 bits per heavy atom. The van der Waals surface area contributed by atoms with Crippen molar-refractivity contribution >= 4 is 16.8 Å². The summed E-state index contributed by atoms with van der Waals surface area (Å²) in [4.78, 5) is 10.4. The Morgan fingerprint density at radius 2 is 1.94 bits per heavy atom. The summed E-state index contributed by atoms with van der Waals surface area (Å²) >= 11 is 5.16. The van der Waals surface area contributed by atoms with E-state index in [1.54, 1.807) is 24.3 Å². The quantitative estimate of drug-likeness (QED) is 0.768. The predicted octanol–water partition coefficient (Wildman–Crippen LogP) is 3.05. The third-order valence-electron chi connectivity index (χ3n) is 2.13. The van der Waals surface area contributed by atoms with Gasteiger partial charge in [-0.1, -0.05) is 37.3 Å². The van der Waals surface area contributed by atoms with Gasteiger partial charge in [0.25, 0.3) is 5.24 Å². The highest BCUT2D eigenvalue weighted by atomic mass is 35.5. The van der Waals surface area contributed by atoms with E-state index in [1.807, 2.05) is 30.1 Å². The molecule has 0 spiro atoms. The van der Waals surface area contributed by atoms with Crippen LogP contribution in [-0.2, 0) is 13.5 Å². The lowest BCUT2D eigenvalue weighted by atomic mass is 10.2. The molecule has 2 aromatic rings. The van der Waals surface area contributed by atoms with E-state index in [0.29, 0.717) is 5.56 Å². The number of halogens is 1. The van der Waals surface area contributed by atoms with Crippen molar-refractivity contribution in [1.29, 1.82) is 0 Å². The van der Waals surface area contributed by atoms with Crippen molar-refractivity contribution in [2.24, 2.45) is 7.05 Å². The molecular formula is C13H15ClN2O. The van der Waals surface area contributed by atoms with Crippen molar-refractivity contribution < 1.29 is 4.79 Å². The summed E-state index contributed by atoms with van der Waals surface area (Å²) in [6, 6.07) is 10.8. The van der Waals surface area contributed by atoms with E-state index in [1.165, 1.54) is 0 Å². The lowest BCUT2D eigenvalue weighted by Crippen LogP contribution is -1.88. The molecule has 1 aromatic heterocycles. The highest BCUT2D eigenvalue weighted by molar-refractivity contribution is 6.67. The van der Waals surface area contributed by atoms with Crippen LogP contribution in [-0.4, -0.2) is 15.0 Å². The van der Waals surface area contributed by atoms with Crippen LogP contribution in [0, 0.1) is 0 Å². The minimum absolute atomic E-state index is 0.407. The topological polar surface area (TPSA) is 34.9 Å². The van der Waals surface area contributed by atoms with Gasteiger partial charge in [-0.05, 0) is 24.1 Å². The fourth-order valence-corrected chi connectivity index (χ4v) is 1.35. The van der Waals surface area contributed by atoms with Gasteiger partial charge >= 0.3 is 0 Å². The first-order chi connectivity index (χ1) is 8.13. The van der Waals surface area contributed by atoms with Gasteiger partial charge in [-0.2, -0.15) is 5.10 Å². The SMILES string of the molecule is CCc1ccn(C)n1.O=C(Cl)c1ccccc1. The third-order valence-corrected chi connectivity index (χ3v) is 2.35.